The van der Waals surface area contributed by atoms with Gasteiger partial charge in [0.2, 0.25) is 4.93 Å². The molecule has 1 saturated carbocycles. The molecule has 0 spiro atoms. The molecule has 27 heavy (non-hydrogen) atoms. The van der Waals surface area contributed by atoms with Crippen LogP contribution in [-0.4, -0.2) is 31.3 Å². The van der Waals surface area contributed by atoms with Crippen LogP contribution in [-0.2, 0) is 9.53 Å². The maximum atomic E-state index is 13.8. The van der Waals surface area contributed by atoms with E-state index >= 15 is 0 Å². The van der Waals surface area contributed by atoms with Gasteiger partial charge in [-0.15, -0.1) is 11.8 Å². The lowest BCUT2D eigenvalue weighted by Crippen LogP contribution is -2.50. The SMILES string of the molecule is CC1CCC(C(C)C)C([C@@]2(C(=O)O)O[C@H](n3cc(F)c(N)nc3=O)CS2)C1. The number of nitrogens with zero attached hydrogens (tertiary/aromatic N) is 2. The molecule has 1 aliphatic heterocycles. The smallest absolute Gasteiger partial charge is 0.351 e. The van der Waals surface area contributed by atoms with Crippen molar-refractivity contribution in [1.82, 2.24) is 9.55 Å². The van der Waals surface area contributed by atoms with Gasteiger partial charge >= 0.3 is 11.7 Å². The minimum Gasteiger partial charge on any atom is -0.478 e. The highest BCUT2D eigenvalue weighted by Gasteiger charge is 2.57. The number of carbonyl (C=O) groups is 1. The van der Waals surface area contributed by atoms with Crippen molar-refractivity contribution in [3.63, 3.8) is 0 Å². The van der Waals surface area contributed by atoms with Crippen molar-refractivity contribution in [2.45, 2.75) is 51.2 Å². The first kappa shape index (κ1) is 20.1. The van der Waals surface area contributed by atoms with E-state index in [0.717, 1.165) is 30.0 Å². The monoisotopic (exact) mass is 399 g/mol. The molecule has 3 rings (SSSR count). The molecule has 0 radical (unpaired) electrons. The van der Waals surface area contributed by atoms with Crippen molar-refractivity contribution < 1.29 is 19.0 Å². The minimum absolute atomic E-state index is 0.184. The summed E-state index contributed by atoms with van der Waals surface area (Å²) >= 11 is 1.19. The molecule has 5 atom stereocenters. The summed E-state index contributed by atoms with van der Waals surface area (Å²) in [5, 5.41) is 10.1. The molecule has 1 aromatic heterocycles. The first-order valence-electron chi connectivity index (χ1n) is 9.25. The van der Waals surface area contributed by atoms with E-state index in [1.54, 1.807) is 0 Å². The fourth-order valence-electron chi connectivity index (χ4n) is 4.37. The summed E-state index contributed by atoms with van der Waals surface area (Å²) < 4.78 is 20.8. The van der Waals surface area contributed by atoms with E-state index in [2.05, 4.69) is 25.8 Å². The molecule has 0 bridgehead atoms. The standard InChI is InChI=1S/C18H26FN3O4S/c1-9(2)11-5-4-10(3)6-12(11)18(16(23)24)26-14(8-27-18)22-7-13(19)15(20)21-17(22)25/h7,9-12,14H,4-6,8H2,1-3H3,(H,23,24)(H2,20,21,25)/t10?,11?,12?,14-,18+/m0/s1. The largest absolute Gasteiger partial charge is 0.478 e. The van der Waals surface area contributed by atoms with Crippen LogP contribution in [0.1, 0.15) is 46.3 Å². The Morgan fingerprint density at radius 1 is 1.52 bits per heavy atom. The number of aliphatic carboxylic acids is 1. The van der Waals surface area contributed by atoms with Crippen LogP contribution >= 0.6 is 11.8 Å². The Morgan fingerprint density at radius 2 is 2.22 bits per heavy atom. The van der Waals surface area contributed by atoms with E-state index < -0.39 is 34.5 Å². The number of rotatable bonds is 4. The Balaban J connectivity index is 1.96. The highest BCUT2D eigenvalue weighted by Crippen LogP contribution is 2.54. The summed E-state index contributed by atoms with van der Waals surface area (Å²) in [7, 11) is 0. The number of nitrogen functional groups attached to an aromatic ring is 1. The summed E-state index contributed by atoms with van der Waals surface area (Å²) in [6.45, 7) is 6.33. The van der Waals surface area contributed by atoms with Crippen LogP contribution in [0.5, 0.6) is 0 Å². The lowest BCUT2D eigenvalue weighted by Gasteiger charge is -2.44. The third kappa shape index (κ3) is 3.59. The number of hydrogen-bond acceptors (Lipinski definition) is 6. The molecule has 1 saturated heterocycles. The number of hydrogen-bond donors (Lipinski definition) is 2. The molecule has 2 fully saturated rings. The summed E-state index contributed by atoms with van der Waals surface area (Å²) in [4.78, 5) is 26.5. The fraction of sp³-hybridized carbons (Fsp3) is 0.722. The Hall–Kier alpha value is -1.61. The van der Waals surface area contributed by atoms with Gasteiger partial charge in [0, 0.05) is 11.7 Å². The third-order valence-electron chi connectivity index (χ3n) is 5.80. The van der Waals surface area contributed by atoms with Crippen molar-refractivity contribution in [1.29, 1.82) is 0 Å². The molecular formula is C18H26FN3O4S. The molecule has 9 heteroatoms. The van der Waals surface area contributed by atoms with E-state index in [1.165, 1.54) is 11.8 Å². The number of ether oxygens (including phenoxy) is 1. The maximum absolute atomic E-state index is 13.8. The maximum Gasteiger partial charge on any atom is 0.351 e. The summed E-state index contributed by atoms with van der Waals surface area (Å²) in [6.07, 6.45) is 2.81. The number of anilines is 1. The molecule has 7 nitrogen and oxygen atoms in total. The average Bonchev–Trinajstić information content (AvgIpc) is 3.04. The zero-order valence-electron chi connectivity index (χ0n) is 15.7. The molecule has 0 amide bonds. The summed E-state index contributed by atoms with van der Waals surface area (Å²) in [5.41, 5.74) is 4.58. The van der Waals surface area contributed by atoms with Gasteiger partial charge in [-0.3, -0.25) is 4.57 Å². The van der Waals surface area contributed by atoms with E-state index in [-0.39, 0.29) is 17.6 Å². The van der Waals surface area contributed by atoms with Crippen LogP contribution in [0.15, 0.2) is 11.0 Å². The highest BCUT2D eigenvalue weighted by molar-refractivity contribution is 8.01. The van der Waals surface area contributed by atoms with Crippen molar-refractivity contribution >= 4 is 23.5 Å². The average molecular weight is 399 g/mol. The van der Waals surface area contributed by atoms with Gasteiger partial charge in [-0.1, -0.05) is 27.2 Å². The Morgan fingerprint density at radius 3 is 2.85 bits per heavy atom. The van der Waals surface area contributed by atoms with Crippen LogP contribution in [0.4, 0.5) is 10.2 Å². The quantitative estimate of drug-likeness (QED) is 0.801. The first-order valence-corrected chi connectivity index (χ1v) is 10.2. The van der Waals surface area contributed by atoms with Crippen molar-refractivity contribution in [3.05, 3.63) is 22.5 Å². The number of carboxylic acids is 1. The molecule has 3 unspecified atom stereocenters. The molecule has 2 aliphatic rings. The fourth-order valence-corrected chi connectivity index (χ4v) is 5.78. The molecule has 150 valence electrons. The van der Waals surface area contributed by atoms with Crippen LogP contribution in [0.25, 0.3) is 0 Å². The number of halogens is 1. The highest BCUT2D eigenvalue weighted by atomic mass is 32.2. The van der Waals surface area contributed by atoms with E-state index in [4.69, 9.17) is 10.5 Å². The van der Waals surface area contributed by atoms with Gasteiger partial charge in [0.1, 0.15) is 6.23 Å². The third-order valence-corrected chi connectivity index (χ3v) is 7.26. The van der Waals surface area contributed by atoms with Gasteiger partial charge in [-0.25, -0.2) is 14.0 Å². The second-order valence-corrected chi connectivity index (χ2v) is 9.18. The van der Waals surface area contributed by atoms with Gasteiger partial charge in [0.15, 0.2) is 11.6 Å². The number of aromatic nitrogens is 2. The number of thioether (sulfide) groups is 1. The normalized spacial score (nSPS) is 34.1. The molecular weight excluding hydrogens is 373 g/mol. The van der Waals surface area contributed by atoms with Crippen LogP contribution in [0.2, 0.25) is 0 Å². The van der Waals surface area contributed by atoms with Crippen LogP contribution in [0, 0.1) is 29.5 Å². The van der Waals surface area contributed by atoms with E-state index in [1.807, 2.05) is 0 Å². The van der Waals surface area contributed by atoms with Crippen molar-refractivity contribution in [2.75, 3.05) is 11.5 Å². The van der Waals surface area contributed by atoms with Gasteiger partial charge in [0.25, 0.3) is 0 Å². The van der Waals surface area contributed by atoms with E-state index in [9.17, 15) is 19.1 Å². The molecule has 3 N–H and O–H groups in total. The van der Waals surface area contributed by atoms with Crippen LogP contribution < -0.4 is 11.4 Å². The second-order valence-electron chi connectivity index (χ2n) is 7.95. The van der Waals surface area contributed by atoms with Gasteiger partial charge in [0.05, 0.1) is 6.20 Å². The molecule has 0 aromatic carbocycles. The number of nitrogens with two attached hydrogens (primary N) is 1. The van der Waals surface area contributed by atoms with Crippen molar-refractivity contribution in [2.24, 2.45) is 23.7 Å². The van der Waals surface area contributed by atoms with Gasteiger partial charge in [-0.2, -0.15) is 4.98 Å². The molecule has 2 heterocycles. The summed E-state index contributed by atoms with van der Waals surface area (Å²) in [5.74, 6) is -1.38. The molecule has 1 aromatic rings. The lowest BCUT2D eigenvalue weighted by molar-refractivity contribution is -0.173. The van der Waals surface area contributed by atoms with Gasteiger partial charge in [-0.05, 0) is 30.6 Å². The predicted molar refractivity (Wildman–Crippen MR) is 101 cm³/mol. The second kappa shape index (κ2) is 7.43. The summed E-state index contributed by atoms with van der Waals surface area (Å²) in [6, 6.07) is 0. The lowest BCUT2D eigenvalue weighted by atomic mass is 9.67. The van der Waals surface area contributed by atoms with Gasteiger partial charge < -0.3 is 15.6 Å². The predicted octanol–water partition coefficient (Wildman–Crippen LogP) is 2.72. The Kier molecular flexibility index (Phi) is 5.54. The zero-order valence-corrected chi connectivity index (χ0v) is 16.5. The van der Waals surface area contributed by atoms with Crippen LogP contribution in [0.3, 0.4) is 0 Å². The number of carboxylic acid groups (broad SMARTS) is 1. The Bertz CT molecular complexity index is 786. The minimum atomic E-state index is -1.45. The van der Waals surface area contributed by atoms with E-state index in [0.29, 0.717) is 11.8 Å². The topological polar surface area (TPSA) is 107 Å². The first-order chi connectivity index (χ1) is 12.7. The van der Waals surface area contributed by atoms with Crippen molar-refractivity contribution in [3.8, 4) is 0 Å². The Labute approximate surface area is 161 Å². The molecule has 1 aliphatic carbocycles. The zero-order chi connectivity index (χ0) is 19.9.